The van der Waals surface area contributed by atoms with Crippen molar-refractivity contribution < 1.29 is 5.11 Å². The largest absolute Gasteiger partial charge is 0.506 e. The van der Waals surface area contributed by atoms with Crippen LogP contribution in [-0.2, 0) is 0 Å². The van der Waals surface area contributed by atoms with Gasteiger partial charge in [0.15, 0.2) is 0 Å². The van der Waals surface area contributed by atoms with Gasteiger partial charge in [0.05, 0.1) is 11.6 Å². The fourth-order valence-corrected chi connectivity index (χ4v) is 2.10. The van der Waals surface area contributed by atoms with Crippen LogP contribution in [0.1, 0.15) is 19.4 Å². The Balaban J connectivity index is 2.62. The highest BCUT2D eigenvalue weighted by Crippen LogP contribution is 2.29. The molecular weight excluding hydrogens is 271 g/mol. The second-order valence-electron chi connectivity index (χ2n) is 3.89. The fraction of sp³-hybridized carbons (Fsp3) is 0.462. The van der Waals surface area contributed by atoms with Crippen LogP contribution in [0.5, 0.6) is 5.75 Å². The Morgan fingerprint density at radius 1 is 1.28 bits per heavy atom. The molecule has 0 saturated carbocycles. The first kappa shape index (κ1) is 15.3. The number of halogens is 2. The van der Waals surface area contributed by atoms with Gasteiger partial charge in [-0.15, -0.1) is 0 Å². The number of benzene rings is 1. The van der Waals surface area contributed by atoms with E-state index in [-0.39, 0.29) is 10.8 Å². The van der Waals surface area contributed by atoms with Gasteiger partial charge < -0.3 is 10.0 Å². The molecule has 1 aromatic carbocycles. The summed E-state index contributed by atoms with van der Waals surface area (Å²) in [5.41, 5.74) is 0.548. The van der Waals surface area contributed by atoms with Crippen LogP contribution < -0.4 is 0 Å². The van der Waals surface area contributed by atoms with Crippen molar-refractivity contribution in [1.82, 2.24) is 4.90 Å². The molecule has 0 aliphatic heterocycles. The molecule has 0 radical (unpaired) electrons. The summed E-state index contributed by atoms with van der Waals surface area (Å²) in [5.74, 6) is 0.0210. The van der Waals surface area contributed by atoms with Crippen LogP contribution in [0.3, 0.4) is 0 Å². The third-order valence-electron chi connectivity index (χ3n) is 2.73. The average Bonchev–Trinajstić information content (AvgIpc) is 2.35. The third kappa shape index (κ3) is 4.48. The smallest absolute Gasteiger partial charge is 0.143 e. The van der Waals surface area contributed by atoms with Crippen molar-refractivity contribution in [2.45, 2.75) is 13.8 Å². The minimum atomic E-state index is 0.0210. The van der Waals surface area contributed by atoms with Crippen molar-refractivity contribution in [1.29, 1.82) is 0 Å². The van der Waals surface area contributed by atoms with Crippen molar-refractivity contribution in [2.75, 3.05) is 26.2 Å². The lowest BCUT2D eigenvalue weighted by atomic mass is 10.2. The highest BCUT2D eigenvalue weighted by atomic mass is 35.5. The maximum atomic E-state index is 9.73. The maximum Gasteiger partial charge on any atom is 0.143 e. The van der Waals surface area contributed by atoms with Crippen molar-refractivity contribution in [2.24, 2.45) is 4.99 Å². The van der Waals surface area contributed by atoms with E-state index in [9.17, 15) is 5.11 Å². The quantitative estimate of drug-likeness (QED) is 0.814. The zero-order chi connectivity index (χ0) is 13.5. The van der Waals surface area contributed by atoms with Gasteiger partial charge in [-0.25, -0.2) is 0 Å². The van der Waals surface area contributed by atoms with Gasteiger partial charge in [0.1, 0.15) is 5.75 Å². The Morgan fingerprint density at radius 2 is 1.94 bits per heavy atom. The number of aromatic hydroxyl groups is 1. The van der Waals surface area contributed by atoms with E-state index in [0.29, 0.717) is 17.1 Å². The zero-order valence-corrected chi connectivity index (χ0v) is 12.2. The standard InChI is InChI=1S/C13H18Cl2N2O/c1-3-17(4-2)6-5-16-9-10-7-11(14)8-12(15)13(10)18/h7-9,18H,3-6H2,1-2H3. The average molecular weight is 289 g/mol. The molecule has 0 spiro atoms. The molecule has 0 aromatic heterocycles. The van der Waals surface area contributed by atoms with Crippen molar-refractivity contribution in [3.8, 4) is 5.75 Å². The lowest BCUT2D eigenvalue weighted by Gasteiger charge is -2.15. The highest BCUT2D eigenvalue weighted by molar-refractivity contribution is 6.36. The van der Waals surface area contributed by atoms with E-state index < -0.39 is 0 Å². The monoisotopic (exact) mass is 288 g/mol. The van der Waals surface area contributed by atoms with Gasteiger partial charge in [0, 0.05) is 23.3 Å². The summed E-state index contributed by atoms with van der Waals surface area (Å²) in [6, 6.07) is 3.15. The SMILES string of the molecule is CCN(CC)CCN=Cc1cc(Cl)cc(Cl)c1O. The van der Waals surface area contributed by atoms with E-state index in [2.05, 4.69) is 23.7 Å². The molecule has 3 nitrogen and oxygen atoms in total. The van der Waals surface area contributed by atoms with Crippen molar-refractivity contribution in [3.05, 3.63) is 27.7 Å². The van der Waals surface area contributed by atoms with Crippen LogP contribution in [0.2, 0.25) is 10.0 Å². The minimum absolute atomic E-state index is 0.0210. The third-order valence-corrected chi connectivity index (χ3v) is 3.23. The topological polar surface area (TPSA) is 35.8 Å². The normalized spacial score (nSPS) is 11.6. The van der Waals surface area contributed by atoms with Gasteiger partial charge >= 0.3 is 0 Å². The first-order valence-corrected chi connectivity index (χ1v) is 6.74. The molecular formula is C13H18Cl2N2O. The molecule has 0 unspecified atom stereocenters. The van der Waals surface area contributed by atoms with Gasteiger partial charge in [-0.3, -0.25) is 4.99 Å². The van der Waals surface area contributed by atoms with E-state index in [1.165, 1.54) is 6.07 Å². The van der Waals surface area contributed by atoms with Crippen molar-refractivity contribution in [3.63, 3.8) is 0 Å². The Kier molecular flexibility index (Phi) is 6.47. The van der Waals surface area contributed by atoms with Gasteiger partial charge in [-0.1, -0.05) is 37.0 Å². The molecule has 1 aromatic rings. The molecule has 0 heterocycles. The lowest BCUT2D eigenvalue weighted by molar-refractivity contribution is 0.313. The lowest BCUT2D eigenvalue weighted by Crippen LogP contribution is -2.25. The number of likely N-dealkylation sites (N-methyl/N-ethyl adjacent to an activating group) is 1. The van der Waals surface area contributed by atoms with Gasteiger partial charge in [0.25, 0.3) is 0 Å². The van der Waals surface area contributed by atoms with Gasteiger partial charge in [-0.05, 0) is 25.2 Å². The Bertz CT molecular complexity index is 418. The Morgan fingerprint density at radius 3 is 2.56 bits per heavy atom. The van der Waals surface area contributed by atoms with Crippen molar-refractivity contribution >= 4 is 29.4 Å². The number of hydrogen-bond acceptors (Lipinski definition) is 3. The predicted octanol–water partition coefficient (Wildman–Crippen LogP) is 3.46. The highest BCUT2D eigenvalue weighted by Gasteiger charge is 2.05. The maximum absolute atomic E-state index is 9.73. The molecule has 0 fully saturated rings. The summed E-state index contributed by atoms with van der Waals surface area (Å²) < 4.78 is 0. The number of nitrogens with zero attached hydrogens (tertiary/aromatic N) is 2. The van der Waals surface area contributed by atoms with Crippen LogP contribution in [0.4, 0.5) is 0 Å². The summed E-state index contributed by atoms with van der Waals surface area (Å²) in [5, 5.41) is 10.5. The van der Waals surface area contributed by atoms with Gasteiger partial charge in [0.2, 0.25) is 0 Å². The van der Waals surface area contributed by atoms with Crippen LogP contribution in [0.25, 0.3) is 0 Å². The molecule has 0 amide bonds. The molecule has 0 bridgehead atoms. The van der Waals surface area contributed by atoms with E-state index in [1.807, 2.05) is 0 Å². The first-order valence-electron chi connectivity index (χ1n) is 5.98. The number of aliphatic imine (C=N–C) groups is 1. The molecule has 0 saturated heterocycles. The van der Waals surface area contributed by atoms with Crippen LogP contribution in [0, 0.1) is 0 Å². The van der Waals surface area contributed by atoms with E-state index in [1.54, 1.807) is 12.3 Å². The summed E-state index contributed by atoms with van der Waals surface area (Å²) in [7, 11) is 0. The summed E-state index contributed by atoms with van der Waals surface area (Å²) in [4.78, 5) is 6.56. The second kappa shape index (κ2) is 7.62. The molecule has 0 aliphatic carbocycles. The van der Waals surface area contributed by atoms with E-state index in [4.69, 9.17) is 23.2 Å². The number of hydrogen-bond donors (Lipinski definition) is 1. The second-order valence-corrected chi connectivity index (χ2v) is 4.73. The molecule has 0 aliphatic rings. The predicted molar refractivity (Wildman–Crippen MR) is 78.4 cm³/mol. The van der Waals surface area contributed by atoms with Crippen LogP contribution in [0.15, 0.2) is 17.1 Å². The molecule has 0 atom stereocenters. The van der Waals surface area contributed by atoms with Gasteiger partial charge in [-0.2, -0.15) is 0 Å². The first-order chi connectivity index (χ1) is 8.58. The number of phenols is 1. The van der Waals surface area contributed by atoms with Crippen LogP contribution in [-0.4, -0.2) is 42.4 Å². The van der Waals surface area contributed by atoms with Crippen LogP contribution >= 0.6 is 23.2 Å². The Labute approximate surface area is 118 Å². The molecule has 18 heavy (non-hydrogen) atoms. The molecule has 100 valence electrons. The summed E-state index contributed by atoms with van der Waals surface area (Å²) in [6.07, 6.45) is 1.61. The number of rotatable bonds is 6. The Hall–Kier alpha value is -0.770. The molecule has 1 rings (SSSR count). The molecule has 1 N–H and O–H groups in total. The molecule has 5 heteroatoms. The van der Waals surface area contributed by atoms with E-state index >= 15 is 0 Å². The summed E-state index contributed by atoms with van der Waals surface area (Å²) in [6.45, 7) is 7.86. The number of phenolic OH excluding ortho intramolecular Hbond substituents is 1. The summed E-state index contributed by atoms with van der Waals surface area (Å²) >= 11 is 11.7. The zero-order valence-electron chi connectivity index (χ0n) is 10.7. The fourth-order valence-electron chi connectivity index (χ4n) is 1.59. The van der Waals surface area contributed by atoms with E-state index in [0.717, 1.165) is 19.6 Å². The minimum Gasteiger partial charge on any atom is -0.506 e.